The van der Waals surface area contributed by atoms with Crippen LogP contribution in [-0.4, -0.2) is 9.55 Å². The fourth-order valence-electron chi connectivity index (χ4n) is 2.73. The Morgan fingerprint density at radius 1 is 1.39 bits per heavy atom. The first-order chi connectivity index (χ1) is 8.79. The number of nitrogens with two attached hydrogens (primary N) is 1. The van der Waals surface area contributed by atoms with E-state index in [0.717, 1.165) is 30.8 Å². The first-order valence-electron chi connectivity index (χ1n) is 6.27. The highest BCUT2D eigenvalue weighted by Gasteiger charge is 2.23. The van der Waals surface area contributed by atoms with Crippen LogP contribution in [0.2, 0.25) is 0 Å². The summed E-state index contributed by atoms with van der Waals surface area (Å²) in [6.45, 7) is 1.22. The Labute approximate surface area is 105 Å². The molecule has 4 heteroatoms. The Kier molecular flexibility index (Phi) is 2.88. The van der Waals surface area contributed by atoms with Crippen LogP contribution in [0, 0.1) is 5.82 Å². The van der Waals surface area contributed by atoms with Gasteiger partial charge in [-0.05, 0) is 24.5 Å². The molecule has 0 bridgehead atoms. The van der Waals surface area contributed by atoms with E-state index in [0.29, 0.717) is 6.54 Å². The second kappa shape index (κ2) is 4.53. The molecule has 1 aromatic heterocycles. The van der Waals surface area contributed by atoms with E-state index in [4.69, 9.17) is 5.73 Å². The molecule has 0 fully saturated rings. The van der Waals surface area contributed by atoms with E-state index in [-0.39, 0.29) is 11.7 Å². The Morgan fingerprint density at radius 2 is 2.22 bits per heavy atom. The summed E-state index contributed by atoms with van der Waals surface area (Å²) in [5.41, 5.74) is 7.69. The molecule has 0 saturated carbocycles. The zero-order valence-corrected chi connectivity index (χ0v) is 10.1. The zero-order valence-electron chi connectivity index (χ0n) is 10.1. The van der Waals surface area contributed by atoms with Gasteiger partial charge in [0.25, 0.3) is 0 Å². The molecule has 0 radical (unpaired) electrons. The number of benzene rings is 1. The maximum Gasteiger partial charge on any atom is 0.126 e. The van der Waals surface area contributed by atoms with Crippen LogP contribution >= 0.6 is 0 Å². The fourth-order valence-corrected chi connectivity index (χ4v) is 2.73. The van der Waals surface area contributed by atoms with E-state index >= 15 is 0 Å². The van der Waals surface area contributed by atoms with Gasteiger partial charge >= 0.3 is 0 Å². The van der Waals surface area contributed by atoms with Gasteiger partial charge < -0.3 is 10.3 Å². The molecule has 1 unspecified atom stereocenters. The standard InChI is InChI=1S/C14H16FN3/c15-13-4-2-1-3-12(13)10-5-6-11-8-17-14(7-16)18(11)9-10/h1-4,8,10H,5-7,9,16H2. The van der Waals surface area contributed by atoms with Crippen LogP contribution in [0.1, 0.15) is 29.4 Å². The Morgan fingerprint density at radius 3 is 3.00 bits per heavy atom. The number of hydrogen-bond donors (Lipinski definition) is 1. The van der Waals surface area contributed by atoms with Crippen molar-refractivity contribution in [3.05, 3.63) is 53.4 Å². The predicted molar refractivity (Wildman–Crippen MR) is 67.6 cm³/mol. The van der Waals surface area contributed by atoms with E-state index in [1.54, 1.807) is 6.07 Å². The molecule has 3 rings (SSSR count). The minimum Gasteiger partial charge on any atom is -0.330 e. The molecule has 1 aliphatic heterocycles. The van der Waals surface area contributed by atoms with Crippen molar-refractivity contribution in [1.29, 1.82) is 0 Å². The summed E-state index contributed by atoms with van der Waals surface area (Å²) in [7, 11) is 0. The molecule has 2 N–H and O–H groups in total. The van der Waals surface area contributed by atoms with Gasteiger partial charge in [-0.3, -0.25) is 0 Å². The lowest BCUT2D eigenvalue weighted by atomic mass is 9.90. The smallest absolute Gasteiger partial charge is 0.126 e. The van der Waals surface area contributed by atoms with Crippen molar-refractivity contribution in [1.82, 2.24) is 9.55 Å². The van der Waals surface area contributed by atoms with Crippen LogP contribution < -0.4 is 5.73 Å². The molecule has 0 amide bonds. The molecule has 0 saturated heterocycles. The number of aryl methyl sites for hydroxylation is 1. The van der Waals surface area contributed by atoms with Gasteiger partial charge in [-0.25, -0.2) is 9.37 Å². The minimum absolute atomic E-state index is 0.111. The van der Waals surface area contributed by atoms with Crippen molar-refractivity contribution < 1.29 is 4.39 Å². The molecular weight excluding hydrogens is 229 g/mol. The minimum atomic E-state index is -0.111. The van der Waals surface area contributed by atoms with Gasteiger partial charge in [-0.1, -0.05) is 18.2 Å². The quantitative estimate of drug-likeness (QED) is 0.881. The number of fused-ring (bicyclic) bond motifs is 1. The Hall–Kier alpha value is -1.68. The molecule has 18 heavy (non-hydrogen) atoms. The highest BCUT2D eigenvalue weighted by molar-refractivity contribution is 5.24. The van der Waals surface area contributed by atoms with Gasteiger partial charge in [0, 0.05) is 24.4 Å². The van der Waals surface area contributed by atoms with Crippen LogP contribution in [0.3, 0.4) is 0 Å². The number of imidazole rings is 1. The van der Waals surface area contributed by atoms with Crippen molar-refractivity contribution in [3.63, 3.8) is 0 Å². The number of aromatic nitrogens is 2. The molecule has 2 heterocycles. The first-order valence-corrected chi connectivity index (χ1v) is 6.27. The molecule has 0 spiro atoms. The summed E-state index contributed by atoms with van der Waals surface area (Å²) in [6.07, 6.45) is 3.79. The van der Waals surface area contributed by atoms with Crippen molar-refractivity contribution in [2.24, 2.45) is 5.73 Å². The maximum absolute atomic E-state index is 13.8. The summed E-state index contributed by atoms with van der Waals surface area (Å²) in [5.74, 6) is 1.00. The summed E-state index contributed by atoms with van der Waals surface area (Å²) < 4.78 is 15.9. The van der Waals surface area contributed by atoms with Crippen molar-refractivity contribution in [2.75, 3.05) is 0 Å². The van der Waals surface area contributed by atoms with E-state index in [2.05, 4.69) is 9.55 Å². The van der Waals surface area contributed by atoms with E-state index in [9.17, 15) is 4.39 Å². The molecule has 1 atom stereocenters. The molecule has 0 aliphatic carbocycles. The topological polar surface area (TPSA) is 43.8 Å². The number of nitrogens with zero attached hydrogens (tertiary/aromatic N) is 2. The SMILES string of the molecule is NCc1ncc2n1CC(c1ccccc1F)CC2. The molecule has 1 aromatic carbocycles. The average Bonchev–Trinajstić information content (AvgIpc) is 2.81. The largest absolute Gasteiger partial charge is 0.330 e. The summed E-state index contributed by atoms with van der Waals surface area (Å²) >= 11 is 0. The Bertz CT molecular complexity index is 548. The molecule has 3 nitrogen and oxygen atoms in total. The van der Waals surface area contributed by atoms with Crippen molar-refractivity contribution in [2.45, 2.75) is 31.8 Å². The highest BCUT2D eigenvalue weighted by Crippen LogP contribution is 2.30. The Balaban J connectivity index is 1.93. The van der Waals surface area contributed by atoms with Gasteiger partial charge in [0.15, 0.2) is 0 Å². The number of hydrogen-bond acceptors (Lipinski definition) is 2. The lowest BCUT2D eigenvalue weighted by Crippen LogP contribution is -2.22. The lowest BCUT2D eigenvalue weighted by Gasteiger charge is -2.26. The van der Waals surface area contributed by atoms with E-state index < -0.39 is 0 Å². The molecule has 1 aliphatic rings. The third-order valence-corrected chi connectivity index (χ3v) is 3.70. The lowest BCUT2D eigenvalue weighted by molar-refractivity contribution is 0.436. The van der Waals surface area contributed by atoms with Crippen LogP contribution in [0.4, 0.5) is 4.39 Å². The molecule has 94 valence electrons. The highest BCUT2D eigenvalue weighted by atomic mass is 19.1. The molecular formula is C14H16FN3. The first kappa shape index (κ1) is 11.4. The summed E-state index contributed by atoms with van der Waals surface area (Å²) in [6, 6.07) is 7.04. The van der Waals surface area contributed by atoms with E-state index in [1.165, 1.54) is 11.8 Å². The third kappa shape index (κ3) is 1.82. The van der Waals surface area contributed by atoms with Gasteiger partial charge in [-0.15, -0.1) is 0 Å². The fraction of sp³-hybridized carbons (Fsp3) is 0.357. The average molecular weight is 245 g/mol. The van der Waals surface area contributed by atoms with Gasteiger partial charge in [0.1, 0.15) is 11.6 Å². The van der Waals surface area contributed by atoms with Crippen molar-refractivity contribution >= 4 is 0 Å². The second-order valence-corrected chi connectivity index (χ2v) is 4.74. The second-order valence-electron chi connectivity index (χ2n) is 4.74. The van der Waals surface area contributed by atoms with Crippen LogP contribution in [-0.2, 0) is 19.5 Å². The van der Waals surface area contributed by atoms with Gasteiger partial charge in [0.2, 0.25) is 0 Å². The third-order valence-electron chi connectivity index (χ3n) is 3.70. The zero-order chi connectivity index (χ0) is 12.5. The molecule has 2 aromatic rings. The van der Waals surface area contributed by atoms with Gasteiger partial charge in [0.05, 0.1) is 6.54 Å². The number of halogens is 1. The number of rotatable bonds is 2. The summed E-state index contributed by atoms with van der Waals surface area (Å²) in [5, 5.41) is 0. The maximum atomic E-state index is 13.8. The van der Waals surface area contributed by atoms with Crippen LogP contribution in [0.25, 0.3) is 0 Å². The van der Waals surface area contributed by atoms with E-state index in [1.807, 2.05) is 18.3 Å². The summed E-state index contributed by atoms with van der Waals surface area (Å²) in [4.78, 5) is 4.31. The monoisotopic (exact) mass is 245 g/mol. The predicted octanol–water partition coefficient (Wildman–Crippen LogP) is 2.21. The normalized spacial score (nSPS) is 18.7. The van der Waals surface area contributed by atoms with Gasteiger partial charge in [-0.2, -0.15) is 0 Å². The van der Waals surface area contributed by atoms with Crippen LogP contribution in [0.5, 0.6) is 0 Å². The van der Waals surface area contributed by atoms with Crippen molar-refractivity contribution in [3.8, 4) is 0 Å². The van der Waals surface area contributed by atoms with Crippen LogP contribution in [0.15, 0.2) is 30.5 Å².